The molecule has 1 aliphatic heterocycles. The van der Waals surface area contributed by atoms with E-state index in [-0.39, 0.29) is 6.42 Å². The van der Waals surface area contributed by atoms with E-state index >= 15 is 0 Å². The molecule has 1 aliphatic rings. The molecular formula is C31H45NO5. The van der Waals surface area contributed by atoms with Gasteiger partial charge >= 0.3 is 5.97 Å². The molecule has 0 bridgehead atoms. The van der Waals surface area contributed by atoms with Gasteiger partial charge in [0.05, 0.1) is 26.2 Å². The lowest BCUT2D eigenvalue weighted by Crippen LogP contribution is -2.36. The Morgan fingerprint density at radius 2 is 1.86 bits per heavy atom. The molecule has 1 atom stereocenters. The normalized spacial score (nSPS) is 15.4. The number of benzene rings is 2. The summed E-state index contributed by atoms with van der Waals surface area (Å²) in [4.78, 5) is 13.7. The van der Waals surface area contributed by atoms with Gasteiger partial charge in [-0.25, -0.2) is 0 Å². The molecule has 0 aromatic heterocycles. The fourth-order valence-electron chi connectivity index (χ4n) is 4.98. The molecule has 2 aromatic rings. The maximum Gasteiger partial charge on any atom is 0.306 e. The van der Waals surface area contributed by atoms with E-state index in [1.807, 2.05) is 31.2 Å². The van der Waals surface area contributed by atoms with Crippen molar-refractivity contribution < 1.29 is 24.1 Å². The maximum absolute atomic E-state index is 11.2. The minimum atomic E-state index is -0.870. The van der Waals surface area contributed by atoms with Gasteiger partial charge in [-0.05, 0) is 79.7 Å². The topological polar surface area (TPSA) is 68.2 Å². The van der Waals surface area contributed by atoms with Crippen molar-refractivity contribution >= 4 is 11.7 Å². The number of aliphatic carboxylic acids is 1. The SMILES string of the molecule is CCOC(CC(=O)O)c1cccc(OCC2CCN(c3cc(OC)ccc3CCCC(C)(C)C)CC2)c1. The molecule has 2 aromatic carbocycles. The molecule has 0 spiro atoms. The number of hydrogen-bond acceptors (Lipinski definition) is 5. The summed E-state index contributed by atoms with van der Waals surface area (Å²) in [7, 11) is 1.73. The van der Waals surface area contributed by atoms with Gasteiger partial charge in [0.15, 0.2) is 0 Å². The molecule has 6 heteroatoms. The molecule has 0 aliphatic carbocycles. The van der Waals surface area contributed by atoms with Gasteiger partial charge in [0.2, 0.25) is 0 Å². The van der Waals surface area contributed by atoms with E-state index < -0.39 is 12.1 Å². The molecule has 0 radical (unpaired) electrons. The number of anilines is 1. The molecule has 1 heterocycles. The molecule has 204 valence electrons. The highest BCUT2D eigenvalue weighted by Gasteiger charge is 2.23. The number of ether oxygens (including phenoxy) is 3. The second-order valence-electron chi connectivity index (χ2n) is 11.3. The molecule has 0 saturated carbocycles. The Balaban J connectivity index is 1.57. The second-order valence-corrected chi connectivity index (χ2v) is 11.3. The van der Waals surface area contributed by atoms with Crippen molar-refractivity contribution in [1.29, 1.82) is 0 Å². The van der Waals surface area contributed by atoms with Crippen molar-refractivity contribution in [2.45, 2.75) is 72.3 Å². The van der Waals surface area contributed by atoms with Gasteiger partial charge in [-0.1, -0.05) is 39.0 Å². The molecule has 6 nitrogen and oxygen atoms in total. The van der Waals surface area contributed by atoms with Crippen LogP contribution in [-0.4, -0.2) is 44.5 Å². The number of carboxylic acids is 1. The van der Waals surface area contributed by atoms with E-state index in [9.17, 15) is 9.90 Å². The lowest BCUT2D eigenvalue weighted by molar-refractivity contribution is -0.140. The highest BCUT2D eigenvalue weighted by atomic mass is 16.5. The summed E-state index contributed by atoms with van der Waals surface area (Å²) in [6.45, 7) is 11.9. The van der Waals surface area contributed by atoms with E-state index in [1.54, 1.807) is 7.11 Å². The number of piperidine rings is 1. The average molecular weight is 512 g/mol. The smallest absolute Gasteiger partial charge is 0.306 e. The van der Waals surface area contributed by atoms with Crippen LogP contribution in [0.3, 0.4) is 0 Å². The zero-order chi connectivity index (χ0) is 26.8. The summed E-state index contributed by atoms with van der Waals surface area (Å²) >= 11 is 0. The van der Waals surface area contributed by atoms with Crippen molar-refractivity contribution in [3.05, 3.63) is 53.6 Å². The van der Waals surface area contributed by atoms with Crippen molar-refractivity contribution in [2.75, 3.05) is 38.3 Å². The summed E-state index contributed by atoms with van der Waals surface area (Å²) in [5.74, 6) is 1.29. The van der Waals surface area contributed by atoms with E-state index in [2.05, 4.69) is 43.9 Å². The summed E-state index contributed by atoms with van der Waals surface area (Å²) < 4.78 is 17.4. The molecule has 37 heavy (non-hydrogen) atoms. The average Bonchev–Trinajstić information content (AvgIpc) is 2.87. The number of methoxy groups -OCH3 is 1. The minimum Gasteiger partial charge on any atom is -0.497 e. The van der Waals surface area contributed by atoms with Gasteiger partial charge in [-0.2, -0.15) is 0 Å². The Morgan fingerprint density at radius 1 is 1.11 bits per heavy atom. The standard InChI is InChI=1S/C31H45NO5/c1-6-36-29(21-30(33)34)25-9-7-11-27(19-25)37-22-23-14-17-32(18-15-23)28-20-26(35-5)13-12-24(28)10-8-16-31(2,3)4/h7,9,11-13,19-20,23,29H,6,8,10,14-18,21-22H2,1-5H3,(H,33,34). The minimum absolute atomic E-state index is 0.0573. The van der Waals surface area contributed by atoms with Crippen LogP contribution in [0.1, 0.15) is 77.0 Å². The Kier molecular flexibility index (Phi) is 10.7. The molecule has 3 rings (SSSR count). The quantitative estimate of drug-likeness (QED) is 0.315. The fraction of sp³-hybridized carbons (Fsp3) is 0.581. The van der Waals surface area contributed by atoms with Crippen LogP contribution in [0.25, 0.3) is 0 Å². The van der Waals surface area contributed by atoms with E-state index in [4.69, 9.17) is 14.2 Å². The lowest BCUT2D eigenvalue weighted by atomic mass is 9.88. The predicted molar refractivity (Wildman–Crippen MR) is 149 cm³/mol. The maximum atomic E-state index is 11.2. The first-order valence-electron chi connectivity index (χ1n) is 13.7. The number of nitrogens with zero attached hydrogens (tertiary/aromatic N) is 1. The van der Waals surface area contributed by atoms with Crippen molar-refractivity contribution in [3.8, 4) is 11.5 Å². The molecular weight excluding hydrogens is 466 g/mol. The molecule has 1 unspecified atom stereocenters. The van der Waals surface area contributed by atoms with Crippen LogP contribution in [0.15, 0.2) is 42.5 Å². The van der Waals surface area contributed by atoms with Gasteiger partial charge in [0, 0.05) is 31.5 Å². The number of aryl methyl sites for hydroxylation is 1. The number of rotatable bonds is 13. The zero-order valence-electron chi connectivity index (χ0n) is 23.3. The van der Waals surface area contributed by atoms with E-state index in [0.717, 1.165) is 49.4 Å². The van der Waals surface area contributed by atoms with Crippen LogP contribution in [-0.2, 0) is 16.0 Å². The second kappa shape index (κ2) is 13.7. The first-order valence-corrected chi connectivity index (χ1v) is 13.7. The van der Waals surface area contributed by atoms with Crippen LogP contribution in [0, 0.1) is 11.3 Å². The third-order valence-corrected chi connectivity index (χ3v) is 7.06. The monoisotopic (exact) mass is 511 g/mol. The van der Waals surface area contributed by atoms with Gasteiger partial charge in [-0.3, -0.25) is 4.79 Å². The Hall–Kier alpha value is -2.73. The summed E-state index contributed by atoms with van der Waals surface area (Å²) in [5, 5.41) is 9.22. The van der Waals surface area contributed by atoms with Crippen LogP contribution in [0.2, 0.25) is 0 Å². The molecule has 1 N–H and O–H groups in total. The largest absolute Gasteiger partial charge is 0.497 e. The first kappa shape index (κ1) is 28.8. The molecule has 1 saturated heterocycles. The van der Waals surface area contributed by atoms with Crippen molar-refractivity contribution in [3.63, 3.8) is 0 Å². The van der Waals surface area contributed by atoms with Gasteiger partial charge in [-0.15, -0.1) is 0 Å². The predicted octanol–water partition coefficient (Wildman–Crippen LogP) is 6.91. The van der Waals surface area contributed by atoms with Gasteiger partial charge in [0.1, 0.15) is 11.5 Å². The third kappa shape index (κ3) is 9.26. The fourth-order valence-corrected chi connectivity index (χ4v) is 4.98. The zero-order valence-corrected chi connectivity index (χ0v) is 23.3. The Labute approximate surface area is 222 Å². The van der Waals surface area contributed by atoms with Gasteiger partial charge < -0.3 is 24.2 Å². The van der Waals surface area contributed by atoms with Crippen molar-refractivity contribution in [1.82, 2.24) is 0 Å². The molecule has 1 fully saturated rings. The van der Waals surface area contributed by atoms with Crippen LogP contribution >= 0.6 is 0 Å². The van der Waals surface area contributed by atoms with Crippen LogP contribution in [0.5, 0.6) is 11.5 Å². The Morgan fingerprint density at radius 3 is 2.51 bits per heavy atom. The lowest BCUT2D eigenvalue weighted by Gasteiger charge is -2.35. The van der Waals surface area contributed by atoms with E-state index in [1.165, 1.54) is 24.1 Å². The summed E-state index contributed by atoms with van der Waals surface area (Å²) in [6.07, 6.45) is 5.09. The number of hydrogen-bond donors (Lipinski definition) is 1. The van der Waals surface area contributed by atoms with Crippen LogP contribution < -0.4 is 14.4 Å². The highest BCUT2D eigenvalue weighted by Crippen LogP contribution is 2.33. The Bertz CT molecular complexity index is 991. The van der Waals surface area contributed by atoms with E-state index in [0.29, 0.717) is 24.5 Å². The summed E-state index contributed by atoms with van der Waals surface area (Å²) in [6, 6.07) is 14.2. The summed E-state index contributed by atoms with van der Waals surface area (Å²) in [5.41, 5.74) is 3.90. The highest BCUT2D eigenvalue weighted by molar-refractivity contribution is 5.67. The number of carboxylic acid groups (broad SMARTS) is 1. The van der Waals surface area contributed by atoms with Crippen LogP contribution in [0.4, 0.5) is 5.69 Å². The molecule has 0 amide bonds. The number of carbonyl (C=O) groups is 1. The first-order chi connectivity index (χ1) is 17.7. The van der Waals surface area contributed by atoms with Gasteiger partial charge in [0.25, 0.3) is 0 Å². The third-order valence-electron chi connectivity index (χ3n) is 7.06. The van der Waals surface area contributed by atoms with Crippen molar-refractivity contribution in [2.24, 2.45) is 11.3 Å².